The molecule has 0 aliphatic heterocycles. The van der Waals surface area contributed by atoms with E-state index in [2.05, 4.69) is 15.3 Å². The summed E-state index contributed by atoms with van der Waals surface area (Å²) in [6.07, 6.45) is 4.97. The number of ketones is 1. The number of rotatable bonds is 8. The van der Waals surface area contributed by atoms with E-state index in [9.17, 15) is 9.59 Å². The summed E-state index contributed by atoms with van der Waals surface area (Å²) in [7, 11) is 0. The number of hydrogen-bond donors (Lipinski definition) is 2. The molecule has 190 valence electrons. The van der Waals surface area contributed by atoms with E-state index in [1.54, 1.807) is 18.2 Å². The highest BCUT2D eigenvalue weighted by Gasteiger charge is 2.41. The Balaban J connectivity index is 1.39. The second kappa shape index (κ2) is 10.1. The molecule has 3 N–H and O–H groups in total. The van der Waals surface area contributed by atoms with Gasteiger partial charge < -0.3 is 11.1 Å². The lowest BCUT2D eigenvalue weighted by Crippen LogP contribution is -2.23. The van der Waals surface area contributed by atoms with Crippen molar-refractivity contribution in [2.75, 3.05) is 5.32 Å². The molecule has 1 saturated carbocycles. The molecule has 1 amide bonds. The third-order valence-corrected chi connectivity index (χ3v) is 7.71. The van der Waals surface area contributed by atoms with Gasteiger partial charge in [-0.05, 0) is 60.4 Å². The quantitative estimate of drug-likeness (QED) is 0.356. The first kappa shape index (κ1) is 25.1. The number of aryl methyl sites for hydroxylation is 1. The van der Waals surface area contributed by atoms with Crippen molar-refractivity contribution in [3.63, 3.8) is 0 Å². The lowest BCUT2D eigenvalue weighted by atomic mass is 9.95. The molecule has 1 aromatic heterocycles. The maximum atomic E-state index is 15.2. The number of nitrogens with one attached hydrogen (secondary N) is 1. The van der Waals surface area contributed by atoms with E-state index in [0.717, 1.165) is 41.6 Å². The molecule has 1 fully saturated rings. The number of hydrogen-bond acceptors (Lipinski definition) is 5. The zero-order valence-electron chi connectivity index (χ0n) is 20.8. The second-order valence-electron chi connectivity index (χ2n) is 9.80. The number of halogens is 2. The number of allylic oxidation sites excluding steroid dienone is 1. The lowest BCUT2D eigenvalue weighted by Gasteiger charge is -2.20. The zero-order valence-corrected chi connectivity index (χ0v) is 21.5. The Morgan fingerprint density at radius 3 is 2.59 bits per heavy atom. The Hall–Kier alpha value is -3.58. The number of carbonyl (C=O) groups is 2. The molecule has 3 aromatic rings. The van der Waals surface area contributed by atoms with Crippen LogP contribution < -0.4 is 11.1 Å². The van der Waals surface area contributed by atoms with Crippen LogP contribution in [0.4, 0.5) is 10.2 Å². The summed E-state index contributed by atoms with van der Waals surface area (Å²) in [6, 6.07) is 10.5. The standard InChI is InChI=1S/C29H28ClFN4O2/c1-3-24(36)17-6-4-16(5-7-17)21-13-23(31)20(10-15(21)2)12-25-33-14-22(30)29(34-25)35-27-19-9-8-18(11-19)26(27)28(32)37/h4-7,10,13-14,18-19H,3,8-9,11-12H2,1-2H3,(H2,32,37)(H,33,34,35)/t18-,19+/m1/s1. The molecule has 0 saturated heterocycles. The van der Waals surface area contributed by atoms with E-state index in [0.29, 0.717) is 39.8 Å². The highest BCUT2D eigenvalue weighted by molar-refractivity contribution is 6.32. The summed E-state index contributed by atoms with van der Waals surface area (Å²) < 4.78 is 15.2. The van der Waals surface area contributed by atoms with Crippen molar-refractivity contribution in [2.24, 2.45) is 17.6 Å². The first-order valence-electron chi connectivity index (χ1n) is 12.5. The van der Waals surface area contributed by atoms with Crippen LogP contribution in [-0.2, 0) is 11.2 Å². The molecule has 37 heavy (non-hydrogen) atoms. The summed E-state index contributed by atoms with van der Waals surface area (Å²) in [5.41, 5.74) is 10.7. The second-order valence-corrected chi connectivity index (χ2v) is 10.2. The van der Waals surface area contributed by atoms with Gasteiger partial charge in [0.1, 0.15) is 16.7 Å². The molecule has 1 heterocycles. The summed E-state index contributed by atoms with van der Waals surface area (Å²) in [5, 5.41) is 3.57. The van der Waals surface area contributed by atoms with Crippen molar-refractivity contribution in [3.05, 3.63) is 87.2 Å². The van der Waals surface area contributed by atoms with E-state index < -0.39 is 5.91 Å². The Bertz CT molecular complexity index is 1430. The summed E-state index contributed by atoms with van der Waals surface area (Å²) >= 11 is 6.37. The highest BCUT2D eigenvalue weighted by atomic mass is 35.5. The third-order valence-electron chi connectivity index (χ3n) is 7.43. The largest absolute Gasteiger partial charge is 0.366 e. The molecule has 6 nitrogen and oxygen atoms in total. The molecule has 2 aromatic carbocycles. The molecular weight excluding hydrogens is 491 g/mol. The van der Waals surface area contributed by atoms with Crippen LogP contribution in [0.5, 0.6) is 0 Å². The fourth-order valence-electron chi connectivity index (χ4n) is 5.55. The number of anilines is 1. The van der Waals surface area contributed by atoms with Crippen LogP contribution in [0.3, 0.4) is 0 Å². The molecule has 0 radical (unpaired) electrons. The average molecular weight is 519 g/mol. The first-order valence-corrected chi connectivity index (χ1v) is 12.9. The van der Waals surface area contributed by atoms with Crippen LogP contribution in [-0.4, -0.2) is 21.7 Å². The number of Topliss-reactive ketones (excluding diaryl/α,β-unsaturated/α-hetero) is 1. The van der Waals surface area contributed by atoms with Crippen LogP contribution in [0.25, 0.3) is 11.1 Å². The molecule has 2 atom stereocenters. The number of nitrogens with two attached hydrogens (primary N) is 1. The van der Waals surface area contributed by atoms with Gasteiger partial charge in [-0.3, -0.25) is 9.59 Å². The van der Waals surface area contributed by atoms with Crippen molar-refractivity contribution in [3.8, 4) is 11.1 Å². The lowest BCUT2D eigenvalue weighted by molar-refractivity contribution is -0.115. The van der Waals surface area contributed by atoms with Crippen LogP contribution in [0, 0.1) is 24.6 Å². The van der Waals surface area contributed by atoms with Crippen molar-refractivity contribution in [2.45, 2.75) is 46.0 Å². The fraction of sp³-hybridized carbons (Fsp3) is 0.310. The average Bonchev–Trinajstić information content (AvgIpc) is 3.49. The van der Waals surface area contributed by atoms with E-state index in [1.807, 2.05) is 26.0 Å². The van der Waals surface area contributed by atoms with Gasteiger partial charge >= 0.3 is 0 Å². The minimum Gasteiger partial charge on any atom is -0.366 e. The number of primary amides is 1. The predicted octanol–water partition coefficient (Wildman–Crippen LogP) is 6.01. The number of benzene rings is 2. The minimum atomic E-state index is -0.413. The van der Waals surface area contributed by atoms with Crippen LogP contribution in [0.2, 0.25) is 5.02 Å². The fourth-order valence-corrected chi connectivity index (χ4v) is 5.69. The Labute approximate surface area is 220 Å². The minimum absolute atomic E-state index is 0.0733. The number of aromatic nitrogens is 2. The summed E-state index contributed by atoms with van der Waals surface area (Å²) in [4.78, 5) is 32.8. The number of amides is 1. The van der Waals surface area contributed by atoms with Crippen molar-refractivity contribution >= 4 is 29.1 Å². The van der Waals surface area contributed by atoms with Gasteiger partial charge in [-0.25, -0.2) is 14.4 Å². The van der Waals surface area contributed by atoms with Gasteiger partial charge in [0.25, 0.3) is 0 Å². The normalized spacial score (nSPS) is 18.4. The van der Waals surface area contributed by atoms with E-state index in [4.69, 9.17) is 17.3 Å². The molecule has 8 heteroatoms. The van der Waals surface area contributed by atoms with Gasteiger partial charge in [0.05, 0.1) is 6.20 Å². The Morgan fingerprint density at radius 1 is 1.16 bits per heavy atom. The van der Waals surface area contributed by atoms with E-state index in [1.165, 1.54) is 12.3 Å². The maximum absolute atomic E-state index is 15.2. The van der Waals surface area contributed by atoms with E-state index in [-0.39, 0.29) is 29.9 Å². The van der Waals surface area contributed by atoms with E-state index >= 15 is 4.39 Å². The van der Waals surface area contributed by atoms with Crippen molar-refractivity contribution in [1.82, 2.24) is 9.97 Å². The number of fused-ring (bicyclic) bond motifs is 2. The Kier molecular flexibility index (Phi) is 6.82. The Morgan fingerprint density at radius 2 is 1.89 bits per heavy atom. The maximum Gasteiger partial charge on any atom is 0.246 e. The summed E-state index contributed by atoms with van der Waals surface area (Å²) in [6.45, 7) is 3.75. The summed E-state index contributed by atoms with van der Waals surface area (Å²) in [5.74, 6) is 0.517. The number of nitrogens with zero attached hydrogens (tertiary/aromatic N) is 2. The van der Waals surface area contributed by atoms with Gasteiger partial charge in [-0.15, -0.1) is 0 Å². The molecular formula is C29H28ClFN4O2. The smallest absolute Gasteiger partial charge is 0.246 e. The molecule has 2 aliphatic carbocycles. The van der Waals surface area contributed by atoms with Gasteiger partial charge in [0.2, 0.25) is 5.91 Å². The predicted molar refractivity (Wildman–Crippen MR) is 142 cm³/mol. The highest BCUT2D eigenvalue weighted by Crippen LogP contribution is 2.48. The van der Waals surface area contributed by atoms with Gasteiger partial charge in [-0.1, -0.05) is 48.9 Å². The van der Waals surface area contributed by atoms with Crippen LogP contribution in [0.15, 0.2) is 53.9 Å². The first-order chi connectivity index (χ1) is 17.7. The monoisotopic (exact) mass is 518 g/mol. The molecule has 2 aliphatic rings. The van der Waals surface area contributed by atoms with Gasteiger partial charge in [0.15, 0.2) is 11.6 Å². The molecule has 0 unspecified atom stereocenters. The topological polar surface area (TPSA) is 98.0 Å². The van der Waals surface area contributed by atoms with Gasteiger partial charge in [-0.2, -0.15) is 0 Å². The molecule has 0 spiro atoms. The molecule has 2 bridgehead atoms. The number of carbonyl (C=O) groups excluding carboxylic acids is 2. The SMILES string of the molecule is CCC(=O)c1ccc(-c2cc(F)c(Cc3ncc(Cl)c(NC4=C(C(N)=O)[C@@H]5CC[C@H]4C5)n3)cc2C)cc1. The van der Waals surface area contributed by atoms with Crippen molar-refractivity contribution in [1.29, 1.82) is 0 Å². The van der Waals surface area contributed by atoms with Gasteiger partial charge in [0, 0.05) is 35.6 Å². The third kappa shape index (κ3) is 4.88. The van der Waals surface area contributed by atoms with Crippen LogP contribution >= 0.6 is 11.6 Å². The van der Waals surface area contributed by atoms with Crippen LogP contribution in [0.1, 0.15) is 59.9 Å². The zero-order chi connectivity index (χ0) is 26.3. The molecule has 5 rings (SSSR count). The van der Waals surface area contributed by atoms with Crippen molar-refractivity contribution < 1.29 is 14.0 Å².